The van der Waals surface area contributed by atoms with E-state index in [-0.39, 0.29) is 5.76 Å². The van der Waals surface area contributed by atoms with Gasteiger partial charge in [-0.15, -0.1) is 6.58 Å². The first-order valence-corrected chi connectivity index (χ1v) is 7.74. The quantitative estimate of drug-likeness (QED) is 0.422. The predicted molar refractivity (Wildman–Crippen MR) is 81.8 cm³/mol. The van der Waals surface area contributed by atoms with Gasteiger partial charge in [0.05, 0.1) is 22.8 Å². The summed E-state index contributed by atoms with van der Waals surface area (Å²) in [7, 11) is -0.175. The van der Waals surface area contributed by atoms with Crippen molar-refractivity contribution in [2.75, 3.05) is 7.11 Å². The maximum atomic E-state index is 13.4. The van der Waals surface area contributed by atoms with E-state index < -0.39 is 16.4 Å². The van der Waals surface area contributed by atoms with E-state index in [0.717, 1.165) is 5.56 Å². The van der Waals surface area contributed by atoms with Crippen molar-refractivity contribution < 1.29 is 13.3 Å². The molecule has 0 heterocycles. The molecule has 0 spiro atoms. The average Bonchev–Trinajstić information content (AvgIpc) is 2.43. The summed E-state index contributed by atoms with van der Waals surface area (Å²) in [6.45, 7) is 5.56. The molecule has 2 atom stereocenters. The van der Waals surface area contributed by atoms with Crippen LogP contribution in [0.1, 0.15) is 18.4 Å². The lowest BCUT2D eigenvalue weighted by molar-refractivity contribution is 0.238. The molecule has 0 aliphatic rings. The van der Waals surface area contributed by atoms with E-state index in [4.69, 9.17) is 16.3 Å². The van der Waals surface area contributed by atoms with Gasteiger partial charge in [0.1, 0.15) is 0 Å². The van der Waals surface area contributed by atoms with Crippen LogP contribution in [0.5, 0.6) is 0 Å². The van der Waals surface area contributed by atoms with Crippen molar-refractivity contribution in [1.82, 2.24) is 0 Å². The molecule has 0 aliphatic heterocycles. The number of methoxy groups -OCH3 is 1. The highest BCUT2D eigenvalue weighted by Gasteiger charge is 2.21. The first-order chi connectivity index (χ1) is 9.51. The summed E-state index contributed by atoms with van der Waals surface area (Å²) in [6, 6.07) is 7.24. The zero-order valence-corrected chi connectivity index (χ0v) is 13.1. The summed E-state index contributed by atoms with van der Waals surface area (Å²) in [5, 5.41) is 0. The first kappa shape index (κ1) is 16.9. The highest BCUT2D eigenvalue weighted by atomic mass is 35.5. The molecular weight excluding hydrogens is 299 g/mol. The Bertz CT molecular complexity index is 509. The van der Waals surface area contributed by atoms with Gasteiger partial charge in [-0.1, -0.05) is 35.4 Å². The Labute approximate surface area is 126 Å². The number of aryl methyl sites for hydroxylation is 1. The minimum absolute atomic E-state index is 0.0765. The van der Waals surface area contributed by atoms with E-state index in [2.05, 4.69) is 6.58 Å². The monoisotopic (exact) mass is 316 g/mol. The summed E-state index contributed by atoms with van der Waals surface area (Å²) >= 11 is 5.46. The molecule has 1 rings (SSSR count). The third kappa shape index (κ3) is 4.46. The average molecular weight is 317 g/mol. The molecule has 1 aromatic carbocycles. The van der Waals surface area contributed by atoms with Crippen LogP contribution in [0, 0.1) is 6.92 Å². The van der Waals surface area contributed by atoms with Gasteiger partial charge >= 0.3 is 0 Å². The zero-order chi connectivity index (χ0) is 15.1. The first-order valence-electron chi connectivity index (χ1n) is 6.15. The number of benzene rings is 1. The number of rotatable bonds is 7. The molecule has 0 bridgehead atoms. The minimum Gasteiger partial charge on any atom is -0.496 e. The fourth-order valence-electron chi connectivity index (χ4n) is 1.67. The third-order valence-electron chi connectivity index (χ3n) is 2.73. The SMILES string of the molecule is C=CCC/C(=C(\OC)C(F)Cl)S(=O)c1ccc(C)cc1. The Morgan fingerprint density at radius 3 is 2.55 bits per heavy atom. The molecule has 110 valence electrons. The van der Waals surface area contributed by atoms with Crippen molar-refractivity contribution in [3.63, 3.8) is 0 Å². The number of hydrogen-bond acceptors (Lipinski definition) is 2. The van der Waals surface area contributed by atoms with Crippen LogP contribution in [0.15, 0.2) is 52.5 Å². The summed E-state index contributed by atoms with van der Waals surface area (Å²) in [6.07, 6.45) is 2.64. The molecule has 2 nitrogen and oxygen atoms in total. The Hall–Kier alpha value is -1.13. The topological polar surface area (TPSA) is 26.3 Å². The van der Waals surface area contributed by atoms with E-state index in [0.29, 0.717) is 22.6 Å². The molecule has 2 unspecified atom stereocenters. The lowest BCUT2D eigenvalue weighted by atomic mass is 10.2. The number of hydrogen-bond donors (Lipinski definition) is 0. The van der Waals surface area contributed by atoms with E-state index in [1.165, 1.54) is 7.11 Å². The standard InChI is InChI=1S/C15H18ClFO2S/c1-4-5-6-13(14(19-3)15(16)17)20(18)12-9-7-11(2)8-10-12/h4,7-10,15H,1,5-6H2,2-3H3/b14-13+. The van der Waals surface area contributed by atoms with Crippen LogP contribution < -0.4 is 0 Å². The lowest BCUT2D eigenvalue weighted by Gasteiger charge is -2.14. The van der Waals surface area contributed by atoms with Crippen molar-refractivity contribution in [3.8, 4) is 0 Å². The minimum atomic E-state index is -1.81. The van der Waals surface area contributed by atoms with Gasteiger partial charge in [0.25, 0.3) is 0 Å². The largest absolute Gasteiger partial charge is 0.496 e. The van der Waals surface area contributed by atoms with Gasteiger partial charge in [0.15, 0.2) is 5.76 Å². The van der Waals surface area contributed by atoms with Crippen molar-refractivity contribution in [2.45, 2.75) is 30.3 Å². The second-order valence-corrected chi connectivity index (χ2v) is 6.09. The normalized spacial score (nSPS) is 15.2. The molecule has 0 fully saturated rings. The molecule has 0 amide bonds. The molecule has 1 aromatic rings. The van der Waals surface area contributed by atoms with Crippen LogP contribution >= 0.6 is 11.6 Å². The van der Waals surface area contributed by atoms with Crippen molar-refractivity contribution >= 4 is 22.4 Å². The van der Waals surface area contributed by atoms with Crippen molar-refractivity contribution in [2.24, 2.45) is 0 Å². The zero-order valence-electron chi connectivity index (χ0n) is 11.6. The Balaban J connectivity index is 3.19. The second kappa shape index (κ2) is 8.22. The molecule has 0 saturated carbocycles. The van der Waals surface area contributed by atoms with Gasteiger partial charge in [0.2, 0.25) is 5.63 Å². The fourth-order valence-corrected chi connectivity index (χ4v) is 3.30. The highest BCUT2D eigenvalue weighted by molar-refractivity contribution is 7.89. The highest BCUT2D eigenvalue weighted by Crippen LogP contribution is 2.27. The smallest absolute Gasteiger partial charge is 0.230 e. The molecule has 0 aromatic heterocycles. The van der Waals surface area contributed by atoms with Gasteiger partial charge in [-0.2, -0.15) is 0 Å². The van der Waals surface area contributed by atoms with Crippen LogP contribution in [0.3, 0.4) is 0 Å². The van der Waals surface area contributed by atoms with Crippen LogP contribution in [-0.2, 0) is 15.5 Å². The summed E-state index contributed by atoms with van der Waals surface area (Å²) in [5.41, 5.74) is -0.746. The fraction of sp³-hybridized carbons (Fsp3) is 0.333. The van der Waals surface area contributed by atoms with Crippen LogP contribution in [0.4, 0.5) is 4.39 Å². The lowest BCUT2D eigenvalue weighted by Crippen LogP contribution is -2.08. The van der Waals surface area contributed by atoms with Crippen molar-refractivity contribution in [3.05, 3.63) is 53.1 Å². The molecular formula is C15H18ClFO2S. The Morgan fingerprint density at radius 1 is 1.50 bits per heavy atom. The van der Waals surface area contributed by atoms with Crippen LogP contribution in [0.2, 0.25) is 0 Å². The molecule has 20 heavy (non-hydrogen) atoms. The van der Waals surface area contributed by atoms with E-state index in [9.17, 15) is 8.60 Å². The van der Waals surface area contributed by atoms with Gasteiger partial charge in [-0.25, -0.2) is 8.60 Å². The van der Waals surface area contributed by atoms with E-state index >= 15 is 0 Å². The van der Waals surface area contributed by atoms with E-state index in [1.54, 1.807) is 18.2 Å². The van der Waals surface area contributed by atoms with Gasteiger partial charge in [-0.3, -0.25) is 0 Å². The van der Waals surface area contributed by atoms with Gasteiger partial charge in [0, 0.05) is 4.90 Å². The second-order valence-electron chi connectivity index (χ2n) is 4.20. The molecule has 0 radical (unpaired) electrons. The molecule has 0 N–H and O–H groups in total. The third-order valence-corrected chi connectivity index (χ3v) is 4.48. The van der Waals surface area contributed by atoms with Crippen LogP contribution in [-0.4, -0.2) is 16.9 Å². The molecule has 5 heteroatoms. The van der Waals surface area contributed by atoms with Gasteiger partial charge < -0.3 is 4.74 Å². The maximum Gasteiger partial charge on any atom is 0.230 e. The van der Waals surface area contributed by atoms with Crippen LogP contribution in [0.25, 0.3) is 0 Å². The Morgan fingerprint density at radius 2 is 2.10 bits per heavy atom. The summed E-state index contributed by atoms with van der Waals surface area (Å²) < 4.78 is 31.0. The van der Waals surface area contributed by atoms with Gasteiger partial charge in [-0.05, 0) is 31.9 Å². The Kier molecular flexibility index (Phi) is 6.96. The van der Waals surface area contributed by atoms with E-state index in [1.807, 2.05) is 19.1 Å². The van der Waals surface area contributed by atoms with Crippen molar-refractivity contribution in [1.29, 1.82) is 0 Å². The summed E-state index contributed by atoms with van der Waals surface area (Å²) in [5.74, 6) is -0.0765. The molecule has 0 saturated heterocycles. The number of ether oxygens (including phenoxy) is 1. The predicted octanol–water partition coefficient (Wildman–Crippen LogP) is 4.46. The molecule has 0 aliphatic carbocycles. The maximum absolute atomic E-state index is 13.4. The number of alkyl halides is 2. The number of allylic oxidation sites excluding steroid dienone is 3. The summed E-state index contributed by atoms with van der Waals surface area (Å²) in [4.78, 5) is 0.959. The number of halogens is 2.